The number of rotatable bonds is 8. The summed E-state index contributed by atoms with van der Waals surface area (Å²) in [5.41, 5.74) is 0.423. The lowest BCUT2D eigenvalue weighted by Crippen LogP contribution is -2.14. The van der Waals surface area contributed by atoms with Gasteiger partial charge in [-0.25, -0.2) is 4.39 Å². The highest BCUT2D eigenvalue weighted by Gasteiger charge is 2.15. The molecule has 0 aromatic heterocycles. The van der Waals surface area contributed by atoms with E-state index in [4.69, 9.17) is 9.47 Å². The molecule has 1 N–H and O–H groups in total. The Labute approximate surface area is 176 Å². The molecular formula is C21H18FIN2O3. The van der Waals surface area contributed by atoms with Gasteiger partial charge in [-0.1, -0.05) is 24.8 Å². The van der Waals surface area contributed by atoms with Crippen molar-refractivity contribution in [3.63, 3.8) is 0 Å². The molecule has 0 atom stereocenters. The first-order chi connectivity index (χ1) is 13.5. The number of ether oxygens (including phenoxy) is 2. The lowest BCUT2D eigenvalue weighted by molar-refractivity contribution is -0.112. The first-order valence-corrected chi connectivity index (χ1v) is 9.45. The molecule has 0 saturated carbocycles. The molecule has 1 amide bonds. The van der Waals surface area contributed by atoms with Gasteiger partial charge in [0, 0.05) is 0 Å². The SMILES string of the molecule is C=CCOc1c(I)cc(/C=C(/C#N)C(=O)Nc2ccccc2F)cc1OCC. The van der Waals surface area contributed by atoms with Gasteiger partial charge < -0.3 is 14.8 Å². The number of hydrogen-bond donors (Lipinski definition) is 1. The summed E-state index contributed by atoms with van der Waals surface area (Å²) in [6.45, 7) is 6.21. The first-order valence-electron chi connectivity index (χ1n) is 8.37. The second-order valence-electron chi connectivity index (χ2n) is 5.47. The number of hydrogen-bond acceptors (Lipinski definition) is 4. The van der Waals surface area contributed by atoms with Gasteiger partial charge in [-0.05, 0) is 65.4 Å². The molecule has 0 fully saturated rings. The van der Waals surface area contributed by atoms with E-state index in [1.807, 2.05) is 13.0 Å². The van der Waals surface area contributed by atoms with Gasteiger partial charge in [0.15, 0.2) is 11.5 Å². The minimum Gasteiger partial charge on any atom is -0.490 e. The molecule has 2 aromatic carbocycles. The van der Waals surface area contributed by atoms with Gasteiger partial charge in [0.25, 0.3) is 5.91 Å². The van der Waals surface area contributed by atoms with E-state index in [-0.39, 0.29) is 11.3 Å². The number of amides is 1. The van der Waals surface area contributed by atoms with Gasteiger partial charge in [0.2, 0.25) is 0 Å². The van der Waals surface area contributed by atoms with Gasteiger partial charge in [-0.15, -0.1) is 0 Å². The van der Waals surface area contributed by atoms with Crippen LogP contribution in [-0.4, -0.2) is 19.1 Å². The average molecular weight is 492 g/mol. The van der Waals surface area contributed by atoms with Gasteiger partial charge in [0.1, 0.15) is 24.1 Å². The highest BCUT2D eigenvalue weighted by atomic mass is 127. The fourth-order valence-corrected chi connectivity index (χ4v) is 3.07. The van der Waals surface area contributed by atoms with Crippen molar-refractivity contribution in [3.05, 3.63) is 69.6 Å². The average Bonchev–Trinajstić information content (AvgIpc) is 2.67. The van der Waals surface area contributed by atoms with E-state index in [1.165, 1.54) is 24.3 Å². The molecule has 144 valence electrons. The molecule has 7 heteroatoms. The minimum atomic E-state index is -0.701. The summed E-state index contributed by atoms with van der Waals surface area (Å²) in [6, 6.07) is 11.0. The third-order valence-electron chi connectivity index (χ3n) is 3.48. The largest absolute Gasteiger partial charge is 0.490 e. The van der Waals surface area contributed by atoms with E-state index in [9.17, 15) is 14.4 Å². The monoisotopic (exact) mass is 492 g/mol. The topological polar surface area (TPSA) is 71.3 Å². The smallest absolute Gasteiger partial charge is 0.266 e. The van der Waals surface area contributed by atoms with Crippen LogP contribution in [0, 0.1) is 20.7 Å². The van der Waals surface area contributed by atoms with Crippen molar-refractivity contribution < 1.29 is 18.7 Å². The molecular weight excluding hydrogens is 474 g/mol. The van der Waals surface area contributed by atoms with Crippen LogP contribution in [0.5, 0.6) is 11.5 Å². The van der Waals surface area contributed by atoms with Crippen molar-refractivity contribution in [2.24, 2.45) is 0 Å². The standard InChI is InChI=1S/C21H18FIN2O3/c1-3-9-28-20-17(23)11-14(12-19(20)27-4-2)10-15(13-24)21(26)25-18-8-6-5-7-16(18)22/h3,5-8,10-12H,1,4,9H2,2H3,(H,25,26)/b15-10-. The van der Waals surface area contributed by atoms with E-state index in [0.29, 0.717) is 30.3 Å². The van der Waals surface area contributed by atoms with E-state index in [1.54, 1.807) is 24.3 Å². The third kappa shape index (κ3) is 5.57. The van der Waals surface area contributed by atoms with Gasteiger partial charge in [0.05, 0.1) is 15.9 Å². The molecule has 0 saturated heterocycles. The third-order valence-corrected chi connectivity index (χ3v) is 4.28. The van der Waals surface area contributed by atoms with Gasteiger partial charge in [-0.2, -0.15) is 5.26 Å². The van der Waals surface area contributed by atoms with Crippen molar-refractivity contribution in [2.75, 3.05) is 18.5 Å². The Hall–Kier alpha value is -2.86. The van der Waals surface area contributed by atoms with Crippen LogP contribution in [0.4, 0.5) is 10.1 Å². The fourth-order valence-electron chi connectivity index (χ4n) is 2.28. The van der Waals surface area contributed by atoms with Crippen LogP contribution in [0.1, 0.15) is 12.5 Å². The summed E-state index contributed by atoms with van der Waals surface area (Å²) in [7, 11) is 0. The summed E-state index contributed by atoms with van der Waals surface area (Å²) in [5.74, 6) is -0.222. The number of para-hydroxylation sites is 1. The molecule has 0 unspecified atom stereocenters. The quantitative estimate of drug-likeness (QED) is 0.245. The maximum absolute atomic E-state index is 13.7. The highest BCUT2D eigenvalue weighted by Crippen LogP contribution is 2.35. The van der Waals surface area contributed by atoms with Crippen LogP contribution < -0.4 is 14.8 Å². The number of nitrogens with one attached hydrogen (secondary N) is 1. The summed E-state index contributed by atoms with van der Waals surface area (Å²) in [6.07, 6.45) is 3.04. The predicted octanol–water partition coefficient (Wildman–Crippen LogP) is 4.94. The molecule has 0 aliphatic rings. The predicted molar refractivity (Wildman–Crippen MR) is 115 cm³/mol. The number of nitrogens with zero attached hydrogens (tertiary/aromatic N) is 1. The van der Waals surface area contributed by atoms with Crippen LogP contribution in [0.2, 0.25) is 0 Å². The van der Waals surface area contributed by atoms with Crippen molar-refractivity contribution in [3.8, 4) is 17.6 Å². The van der Waals surface area contributed by atoms with E-state index >= 15 is 0 Å². The molecule has 0 spiro atoms. The Kier molecular flexibility index (Phi) is 8.02. The molecule has 0 aliphatic carbocycles. The lowest BCUT2D eigenvalue weighted by atomic mass is 10.1. The van der Waals surface area contributed by atoms with Crippen molar-refractivity contribution in [1.29, 1.82) is 5.26 Å². The zero-order valence-corrected chi connectivity index (χ0v) is 17.3. The summed E-state index contributed by atoms with van der Waals surface area (Å²) < 4.78 is 25.7. The maximum atomic E-state index is 13.7. The van der Waals surface area contributed by atoms with Crippen molar-refractivity contribution in [2.45, 2.75) is 6.92 Å². The molecule has 0 aliphatic heterocycles. The van der Waals surface area contributed by atoms with Crippen LogP contribution >= 0.6 is 22.6 Å². The van der Waals surface area contributed by atoms with Crippen molar-refractivity contribution in [1.82, 2.24) is 0 Å². The second-order valence-corrected chi connectivity index (χ2v) is 6.63. The highest BCUT2D eigenvalue weighted by molar-refractivity contribution is 14.1. The number of benzene rings is 2. The van der Waals surface area contributed by atoms with Crippen LogP contribution in [0.3, 0.4) is 0 Å². The van der Waals surface area contributed by atoms with Gasteiger partial charge >= 0.3 is 0 Å². The Morgan fingerprint density at radius 1 is 1.36 bits per heavy atom. The van der Waals surface area contributed by atoms with Crippen molar-refractivity contribution >= 4 is 40.3 Å². The number of carbonyl (C=O) groups is 1. The molecule has 5 nitrogen and oxygen atoms in total. The molecule has 28 heavy (non-hydrogen) atoms. The number of anilines is 1. The molecule has 0 radical (unpaired) electrons. The minimum absolute atomic E-state index is 0.00593. The van der Waals surface area contributed by atoms with Crippen LogP contribution in [0.15, 0.2) is 54.6 Å². The summed E-state index contributed by atoms with van der Waals surface area (Å²) in [5, 5.41) is 11.8. The summed E-state index contributed by atoms with van der Waals surface area (Å²) >= 11 is 2.09. The molecule has 2 aromatic rings. The Balaban J connectivity index is 2.35. The van der Waals surface area contributed by atoms with E-state index < -0.39 is 11.7 Å². The summed E-state index contributed by atoms with van der Waals surface area (Å²) in [4.78, 5) is 12.4. The Morgan fingerprint density at radius 3 is 2.75 bits per heavy atom. The molecule has 2 rings (SSSR count). The van der Waals surface area contributed by atoms with E-state index in [0.717, 1.165) is 3.57 Å². The Bertz CT molecular complexity index is 951. The molecule has 0 bridgehead atoms. The number of carbonyl (C=O) groups excluding carboxylic acids is 1. The zero-order chi connectivity index (χ0) is 20.5. The van der Waals surface area contributed by atoms with Crippen LogP contribution in [0.25, 0.3) is 6.08 Å². The maximum Gasteiger partial charge on any atom is 0.266 e. The van der Waals surface area contributed by atoms with Crippen LogP contribution in [-0.2, 0) is 4.79 Å². The molecule has 0 heterocycles. The fraction of sp³-hybridized carbons (Fsp3) is 0.143. The van der Waals surface area contributed by atoms with E-state index in [2.05, 4.69) is 34.5 Å². The zero-order valence-electron chi connectivity index (χ0n) is 15.2. The Morgan fingerprint density at radius 2 is 2.11 bits per heavy atom. The number of nitriles is 1. The first kappa shape index (κ1) is 21.4. The lowest BCUT2D eigenvalue weighted by Gasteiger charge is -2.14. The van der Waals surface area contributed by atoms with Gasteiger partial charge in [-0.3, -0.25) is 4.79 Å². The number of halogens is 2. The second kappa shape index (κ2) is 10.5. The normalized spacial score (nSPS) is 10.7.